The molecule has 1 aliphatic rings. The Morgan fingerprint density at radius 2 is 1.80 bits per heavy atom. The summed E-state index contributed by atoms with van der Waals surface area (Å²) in [6.07, 6.45) is -0.0123. The number of hydrogen-bond acceptors (Lipinski definition) is 7. The van der Waals surface area contributed by atoms with E-state index in [1.807, 2.05) is 46.9 Å². The Morgan fingerprint density at radius 3 is 2.34 bits per heavy atom. The van der Waals surface area contributed by atoms with Gasteiger partial charge in [-0.2, -0.15) is 23.5 Å². The van der Waals surface area contributed by atoms with E-state index in [1.54, 1.807) is 16.6 Å². The standard InChI is InChI=1S/C28H31F4N9/c1-16(2)21-18(13-34-24-19(21)14-41(38-24)26(3,4)5)22-23(17(12-33)11-20(36-22)28(30,31)32)40-9-7-27(29,8-10-40)25-37-35-15-39(25)6/h11,13-16H,7-10H2,1-6H3. The summed E-state index contributed by atoms with van der Waals surface area (Å²) >= 11 is 0. The Morgan fingerprint density at radius 1 is 1.12 bits per heavy atom. The summed E-state index contributed by atoms with van der Waals surface area (Å²) in [6, 6.07) is 2.71. The highest BCUT2D eigenvalue weighted by atomic mass is 19.4. The number of piperidine rings is 1. The summed E-state index contributed by atoms with van der Waals surface area (Å²) in [4.78, 5) is 10.3. The highest BCUT2D eigenvalue weighted by molar-refractivity contribution is 5.90. The van der Waals surface area contributed by atoms with Gasteiger partial charge in [-0.1, -0.05) is 13.8 Å². The second-order valence-electron chi connectivity index (χ2n) is 11.8. The minimum Gasteiger partial charge on any atom is -0.368 e. The second-order valence-corrected chi connectivity index (χ2v) is 11.8. The van der Waals surface area contributed by atoms with E-state index in [0.717, 1.165) is 11.6 Å². The van der Waals surface area contributed by atoms with E-state index in [2.05, 4.69) is 25.3 Å². The first-order valence-electron chi connectivity index (χ1n) is 13.3. The molecule has 0 aromatic carbocycles. The lowest BCUT2D eigenvalue weighted by atomic mass is 9.89. The molecule has 5 rings (SSSR count). The molecule has 41 heavy (non-hydrogen) atoms. The van der Waals surface area contributed by atoms with Gasteiger partial charge in [0.25, 0.3) is 0 Å². The highest BCUT2D eigenvalue weighted by Gasteiger charge is 2.42. The van der Waals surface area contributed by atoms with E-state index in [4.69, 9.17) is 0 Å². The van der Waals surface area contributed by atoms with Gasteiger partial charge in [-0.3, -0.25) is 4.68 Å². The van der Waals surface area contributed by atoms with Gasteiger partial charge in [0.15, 0.2) is 17.1 Å². The van der Waals surface area contributed by atoms with Crippen LogP contribution in [0.1, 0.15) is 76.0 Å². The number of aromatic nitrogens is 7. The van der Waals surface area contributed by atoms with Gasteiger partial charge >= 0.3 is 6.18 Å². The van der Waals surface area contributed by atoms with Gasteiger partial charge in [-0.05, 0) is 38.3 Å². The first-order valence-corrected chi connectivity index (χ1v) is 13.3. The number of rotatable bonds is 4. The van der Waals surface area contributed by atoms with Crippen LogP contribution in [0.2, 0.25) is 0 Å². The Balaban J connectivity index is 1.71. The Hall–Kier alpha value is -4.08. The van der Waals surface area contributed by atoms with E-state index in [1.165, 1.54) is 17.1 Å². The van der Waals surface area contributed by atoms with Gasteiger partial charge in [0.2, 0.25) is 0 Å². The molecule has 5 heterocycles. The largest absolute Gasteiger partial charge is 0.433 e. The molecular formula is C28H31F4N9. The van der Waals surface area contributed by atoms with E-state index in [-0.39, 0.29) is 60.2 Å². The molecule has 216 valence electrons. The van der Waals surface area contributed by atoms with Crippen LogP contribution in [0.4, 0.5) is 23.2 Å². The van der Waals surface area contributed by atoms with Crippen molar-refractivity contribution in [2.24, 2.45) is 7.05 Å². The predicted molar refractivity (Wildman–Crippen MR) is 145 cm³/mol. The van der Waals surface area contributed by atoms with Crippen LogP contribution in [0.3, 0.4) is 0 Å². The summed E-state index contributed by atoms with van der Waals surface area (Å²) in [6.45, 7) is 10.1. The third-order valence-electron chi connectivity index (χ3n) is 7.50. The van der Waals surface area contributed by atoms with Crippen molar-refractivity contribution in [3.8, 4) is 17.3 Å². The molecule has 0 saturated carbocycles. The fourth-order valence-corrected chi connectivity index (χ4v) is 5.42. The SMILES string of the molecule is CC(C)c1c(-c2nc(C(F)(F)F)cc(C#N)c2N2CCC(F)(c3nncn3C)CC2)cnc2nn(C(C)(C)C)cc12. The van der Waals surface area contributed by atoms with Crippen molar-refractivity contribution in [1.29, 1.82) is 5.26 Å². The molecule has 9 nitrogen and oxygen atoms in total. The van der Waals surface area contributed by atoms with Crippen LogP contribution in [0, 0.1) is 11.3 Å². The second kappa shape index (κ2) is 9.78. The minimum atomic E-state index is -4.79. The molecule has 1 aliphatic heterocycles. The number of anilines is 1. The number of fused-ring (bicyclic) bond motifs is 1. The van der Waals surface area contributed by atoms with Gasteiger partial charge in [0, 0.05) is 56.3 Å². The van der Waals surface area contributed by atoms with Crippen LogP contribution in [0.5, 0.6) is 0 Å². The Kier molecular flexibility index (Phi) is 6.79. The molecule has 0 unspecified atom stereocenters. The zero-order valence-electron chi connectivity index (χ0n) is 23.8. The summed E-state index contributed by atoms with van der Waals surface area (Å²) < 4.78 is 61.4. The zero-order chi connectivity index (χ0) is 29.9. The van der Waals surface area contributed by atoms with E-state index >= 15 is 4.39 Å². The topological polar surface area (TPSA) is 101 Å². The number of alkyl halides is 4. The van der Waals surface area contributed by atoms with Crippen molar-refractivity contribution < 1.29 is 17.6 Å². The quantitative estimate of drug-likeness (QED) is 0.284. The van der Waals surface area contributed by atoms with Crippen molar-refractivity contribution in [3.05, 3.63) is 47.4 Å². The van der Waals surface area contributed by atoms with Gasteiger partial charge in [-0.15, -0.1) is 10.2 Å². The average Bonchev–Trinajstić information content (AvgIpc) is 3.54. The highest BCUT2D eigenvalue weighted by Crippen LogP contribution is 2.44. The van der Waals surface area contributed by atoms with Crippen molar-refractivity contribution >= 4 is 16.7 Å². The van der Waals surface area contributed by atoms with Crippen molar-refractivity contribution in [2.45, 2.75) is 70.8 Å². The lowest BCUT2D eigenvalue weighted by Gasteiger charge is -2.38. The normalized spacial score (nSPS) is 16.0. The number of pyridine rings is 2. The molecule has 0 radical (unpaired) electrons. The molecule has 0 amide bonds. The van der Waals surface area contributed by atoms with E-state index in [9.17, 15) is 18.4 Å². The fraction of sp³-hybridized carbons (Fsp3) is 0.500. The molecule has 13 heteroatoms. The maximum absolute atomic E-state index is 16.0. The molecule has 0 aliphatic carbocycles. The number of halogens is 4. The first-order chi connectivity index (χ1) is 19.1. The third kappa shape index (κ3) is 5.00. The van der Waals surface area contributed by atoms with Crippen molar-refractivity contribution in [1.82, 2.24) is 34.5 Å². The van der Waals surface area contributed by atoms with Crippen LogP contribution in [-0.4, -0.2) is 47.6 Å². The van der Waals surface area contributed by atoms with Crippen LogP contribution >= 0.6 is 0 Å². The van der Waals surface area contributed by atoms with Crippen LogP contribution in [0.25, 0.3) is 22.3 Å². The maximum atomic E-state index is 16.0. The molecular weight excluding hydrogens is 538 g/mol. The van der Waals surface area contributed by atoms with Crippen LogP contribution in [-0.2, 0) is 24.4 Å². The van der Waals surface area contributed by atoms with Crippen LogP contribution in [0.15, 0.2) is 24.8 Å². The summed E-state index contributed by atoms with van der Waals surface area (Å²) in [5.74, 6) is 0.0506. The van der Waals surface area contributed by atoms with Crippen molar-refractivity contribution in [3.63, 3.8) is 0 Å². The predicted octanol–water partition coefficient (Wildman–Crippen LogP) is 5.86. The first kappa shape index (κ1) is 28.4. The molecule has 0 N–H and O–H groups in total. The molecule has 0 atom stereocenters. The smallest absolute Gasteiger partial charge is 0.368 e. The summed E-state index contributed by atoms with van der Waals surface area (Å²) in [5, 5.41) is 23.1. The van der Waals surface area contributed by atoms with E-state index < -0.39 is 17.5 Å². The minimum absolute atomic E-state index is 0.0111. The average molecular weight is 570 g/mol. The molecule has 4 aromatic rings. The van der Waals surface area contributed by atoms with Crippen LogP contribution < -0.4 is 4.90 Å². The number of nitriles is 1. The van der Waals surface area contributed by atoms with Gasteiger partial charge < -0.3 is 9.47 Å². The molecule has 1 fully saturated rings. The van der Waals surface area contributed by atoms with Gasteiger partial charge in [0.05, 0.1) is 22.5 Å². The molecule has 4 aromatic heterocycles. The fourth-order valence-electron chi connectivity index (χ4n) is 5.42. The molecule has 0 bridgehead atoms. The summed E-state index contributed by atoms with van der Waals surface area (Å²) in [7, 11) is 1.66. The lowest BCUT2D eigenvalue weighted by molar-refractivity contribution is -0.141. The molecule has 1 saturated heterocycles. The Bertz CT molecular complexity index is 1650. The zero-order valence-corrected chi connectivity index (χ0v) is 23.8. The third-order valence-corrected chi connectivity index (χ3v) is 7.50. The van der Waals surface area contributed by atoms with E-state index in [0.29, 0.717) is 16.6 Å². The monoisotopic (exact) mass is 569 g/mol. The molecule has 0 spiro atoms. The van der Waals surface area contributed by atoms with Crippen molar-refractivity contribution in [2.75, 3.05) is 18.0 Å². The number of nitrogens with zero attached hydrogens (tertiary/aromatic N) is 9. The Labute approximate surface area is 234 Å². The number of hydrogen-bond donors (Lipinski definition) is 0. The maximum Gasteiger partial charge on any atom is 0.433 e. The summed E-state index contributed by atoms with van der Waals surface area (Å²) in [5.41, 5.74) is -1.70. The van der Waals surface area contributed by atoms with Gasteiger partial charge in [-0.25, -0.2) is 14.4 Å². The lowest BCUT2D eigenvalue weighted by Crippen LogP contribution is -2.42. The van der Waals surface area contributed by atoms with Gasteiger partial charge in [0.1, 0.15) is 18.1 Å². The number of aryl methyl sites for hydroxylation is 1.